The van der Waals surface area contributed by atoms with Crippen LogP contribution in [-0.4, -0.2) is 47.1 Å². The molecule has 4 amide bonds. The van der Waals surface area contributed by atoms with Gasteiger partial charge in [-0.15, -0.1) is 0 Å². The van der Waals surface area contributed by atoms with E-state index >= 15 is 0 Å². The number of rotatable bonds is 5. The number of carbonyl (C=O) groups is 5. The first-order valence-corrected chi connectivity index (χ1v) is 10.9. The Morgan fingerprint density at radius 1 is 0.882 bits per heavy atom. The van der Waals surface area contributed by atoms with E-state index in [1.807, 2.05) is 0 Å². The highest BCUT2D eigenvalue weighted by Gasteiger charge is 2.40. The lowest BCUT2D eigenvalue weighted by atomic mass is 9.94. The summed E-state index contributed by atoms with van der Waals surface area (Å²) in [5, 5.41) is 0. The van der Waals surface area contributed by atoms with E-state index in [2.05, 4.69) is 10.9 Å². The highest BCUT2D eigenvalue weighted by Crippen LogP contribution is 2.31. The molecule has 2 aromatic carbocycles. The molecule has 0 atom stereocenters. The van der Waals surface area contributed by atoms with Gasteiger partial charge < -0.3 is 4.74 Å². The van der Waals surface area contributed by atoms with E-state index in [4.69, 9.17) is 4.74 Å². The monoisotopic (exact) mass is 467 g/mol. The normalized spacial score (nSPS) is 15.6. The van der Waals surface area contributed by atoms with Gasteiger partial charge in [-0.25, -0.2) is 9.18 Å². The molecular weight excluding hydrogens is 445 g/mol. The van der Waals surface area contributed by atoms with Gasteiger partial charge in [-0.1, -0.05) is 19.3 Å². The Bertz CT molecular complexity index is 1160. The molecule has 9 nitrogen and oxygen atoms in total. The van der Waals surface area contributed by atoms with Gasteiger partial charge in [-0.3, -0.25) is 34.9 Å². The summed E-state index contributed by atoms with van der Waals surface area (Å²) in [5.41, 5.74) is 4.74. The molecule has 2 N–H and O–H groups in total. The molecule has 0 saturated heterocycles. The van der Waals surface area contributed by atoms with Gasteiger partial charge in [0.15, 0.2) is 6.61 Å². The number of nitrogens with one attached hydrogen (secondary N) is 2. The lowest BCUT2D eigenvalue weighted by Crippen LogP contribution is -2.43. The summed E-state index contributed by atoms with van der Waals surface area (Å²) in [7, 11) is 0. The second-order valence-electron chi connectivity index (χ2n) is 8.12. The summed E-state index contributed by atoms with van der Waals surface area (Å²) >= 11 is 0. The molecule has 0 aromatic heterocycles. The van der Waals surface area contributed by atoms with Crippen LogP contribution < -0.4 is 10.9 Å². The Kier molecular flexibility index (Phi) is 6.67. The molecule has 1 heterocycles. The maximum Gasteiger partial charge on any atom is 0.338 e. The fraction of sp³-hybridized carbons (Fsp3) is 0.292. The molecule has 0 spiro atoms. The van der Waals surface area contributed by atoms with Crippen LogP contribution in [-0.2, 0) is 9.53 Å². The third-order valence-electron chi connectivity index (χ3n) is 5.85. The van der Waals surface area contributed by atoms with Crippen molar-refractivity contribution in [3.05, 3.63) is 70.5 Å². The number of hydrazine groups is 1. The predicted octanol–water partition coefficient (Wildman–Crippen LogP) is 2.37. The van der Waals surface area contributed by atoms with Crippen molar-refractivity contribution < 1.29 is 33.1 Å². The van der Waals surface area contributed by atoms with Crippen molar-refractivity contribution in [2.45, 2.75) is 38.1 Å². The molecule has 0 unspecified atom stereocenters. The van der Waals surface area contributed by atoms with Crippen molar-refractivity contribution in [3.8, 4) is 0 Å². The lowest BCUT2D eigenvalue weighted by Gasteiger charge is -2.29. The molecule has 2 aromatic rings. The maximum absolute atomic E-state index is 12.9. The minimum absolute atomic E-state index is 0.0218. The third-order valence-corrected chi connectivity index (χ3v) is 5.85. The summed E-state index contributed by atoms with van der Waals surface area (Å²) in [6.07, 6.45) is 4.55. The summed E-state index contributed by atoms with van der Waals surface area (Å²) in [4.78, 5) is 63.1. The number of halogens is 1. The number of carbonyl (C=O) groups excluding carboxylic acids is 5. The Morgan fingerprint density at radius 3 is 2.24 bits per heavy atom. The minimum Gasteiger partial charge on any atom is -0.452 e. The summed E-state index contributed by atoms with van der Waals surface area (Å²) in [6, 6.07) is 8.63. The van der Waals surface area contributed by atoms with Crippen molar-refractivity contribution in [2.24, 2.45) is 0 Å². The van der Waals surface area contributed by atoms with Crippen LogP contribution in [0.4, 0.5) is 4.39 Å². The average molecular weight is 467 g/mol. The molecule has 176 valence electrons. The molecule has 10 heteroatoms. The quantitative estimate of drug-likeness (QED) is 0.396. The Labute approximate surface area is 194 Å². The SMILES string of the molecule is O=C(COC(=O)c1ccc2c(c1)C(=O)N(C1CCCCC1)C2=O)NNC(=O)c1ccc(F)cc1. The van der Waals surface area contributed by atoms with Crippen LogP contribution in [0.3, 0.4) is 0 Å². The zero-order valence-electron chi connectivity index (χ0n) is 18.1. The summed E-state index contributed by atoms with van der Waals surface area (Å²) in [6.45, 7) is -0.694. The third kappa shape index (κ3) is 4.80. The van der Waals surface area contributed by atoms with Crippen molar-refractivity contribution in [3.63, 3.8) is 0 Å². The number of amides is 4. The first kappa shape index (κ1) is 23.1. The van der Waals surface area contributed by atoms with Crippen molar-refractivity contribution in [1.29, 1.82) is 0 Å². The van der Waals surface area contributed by atoms with Crippen LogP contribution in [0.2, 0.25) is 0 Å². The van der Waals surface area contributed by atoms with Crippen LogP contribution in [0, 0.1) is 5.82 Å². The fourth-order valence-corrected chi connectivity index (χ4v) is 4.11. The Morgan fingerprint density at radius 2 is 1.53 bits per heavy atom. The number of fused-ring (bicyclic) bond motifs is 1. The molecule has 1 aliphatic heterocycles. The first-order valence-electron chi connectivity index (χ1n) is 10.9. The first-order chi connectivity index (χ1) is 16.3. The van der Waals surface area contributed by atoms with Gasteiger partial charge in [0.25, 0.3) is 23.6 Å². The van der Waals surface area contributed by atoms with Crippen LogP contribution >= 0.6 is 0 Å². The van der Waals surface area contributed by atoms with Gasteiger partial charge in [-0.2, -0.15) is 0 Å². The molecule has 1 fully saturated rings. The smallest absolute Gasteiger partial charge is 0.338 e. The summed E-state index contributed by atoms with van der Waals surface area (Å²) in [5.74, 6) is -3.64. The van der Waals surface area contributed by atoms with Crippen molar-refractivity contribution >= 4 is 29.6 Å². The number of ether oxygens (including phenoxy) is 1. The molecular formula is C24H22FN3O6. The number of nitrogens with zero attached hydrogens (tertiary/aromatic N) is 1. The van der Waals surface area contributed by atoms with Gasteiger partial charge in [0, 0.05) is 11.6 Å². The fourth-order valence-electron chi connectivity index (χ4n) is 4.11. The van der Waals surface area contributed by atoms with Gasteiger partial charge in [-0.05, 0) is 55.3 Å². The predicted molar refractivity (Wildman–Crippen MR) is 116 cm³/mol. The number of benzene rings is 2. The number of esters is 1. The van der Waals surface area contributed by atoms with E-state index in [9.17, 15) is 28.4 Å². The Balaban J connectivity index is 1.32. The van der Waals surface area contributed by atoms with E-state index < -0.39 is 36.1 Å². The van der Waals surface area contributed by atoms with Crippen molar-refractivity contribution in [2.75, 3.05) is 6.61 Å². The van der Waals surface area contributed by atoms with E-state index in [1.54, 1.807) is 0 Å². The largest absolute Gasteiger partial charge is 0.452 e. The van der Waals surface area contributed by atoms with Crippen LogP contribution in [0.1, 0.15) is 73.5 Å². The van der Waals surface area contributed by atoms with Crippen molar-refractivity contribution in [1.82, 2.24) is 15.8 Å². The molecule has 0 bridgehead atoms. The van der Waals surface area contributed by atoms with Gasteiger partial charge in [0.1, 0.15) is 5.82 Å². The molecule has 34 heavy (non-hydrogen) atoms. The summed E-state index contributed by atoms with van der Waals surface area (Å²) < 4.78 is 17.9. The standard InChI is InChI=1S/C24H22FN3O6/c25-16-9-6-14(7-10-16)21(30)27-26-20(29)13-34-24(33)15-8-11-18-19(12-15)23(32)28(22(18)31)17-4-2-1-3-5-17/h6-12,17H,1-5,13H2,(H,26,29)(H,27,30). The molecule has 4 rings (SSSR count). The number of hydrogen-bond acceptors (Lipinski definition) is 6. The molecule has 0 radical (unpaired) electrons. The van der Waals surface area contributed by atoms with E-state index in [-0.39, 0.29) is 34.2 Å². The zero-order valence-corrected chi connectivity index (χ0v) is 18.1. The highest BCUT2D eigenvalue weighted by atomic mass is 19.1. The van der Waals surface area contributed by atoms with E-state index in [1.165, 1.54) is 35.2 Å². The lowest BCUT2D eigenvalue weighted by molar-refractivity contribution is -0.125. The topological polar surface area (TPSA) is 122 Å². The van der Waals surface area contributed by atoms with Gasteiger partial charge in [0.05, 0.1) is 16.7 Å². The second-order valence-corrected chi connectivity index (χ2v) is 8.12. The average Bonchev–Trinajstić information content (AvgIpc) is 3.11. The Hall–Kier alpha value is -4.08. The molecule has 1 aliphatic carbocycles. The minimum atomic E-state index is -0.862. The maximum atomic E-state index is 12.9. The molecule has 2 aliphatic rings. The number of imide groups is 1. The second kappa shape index (κ2) is 9.82. The van der Waals surface area contributed by atoms with Crippen LogP contribution in [0.25, 0.3) is 0 Å². The molecule has 1 saturated carbocycles. The highest BCUT2D eigenvalue weighted by molar-refractivity contribution is 6.22. The van der Waals surface area contributed by atoms with Crippen LogP contribution in [0.5, 0.6) is 0 Å². The van der Waals surface area contributed by atoms with E-state index in [0.717, 1.165) is 44.2 Å². The zero-order chi connectivity index (χ0) is 24.2. The number of hydrogen-bond donors (Lipinski definition) is 2. The van der Waals surface area contributed by atoms with Gasteiger partial charge in [0.2, 0.25) is 0 Å². The van der Waals surface area contributed by atoms with Crippen LogP contribution in [0.15, 0.2) is 42.5 Å². The van der Waals surface area contributed by atoms with Gasteiger partial charge >= 0.3 is 5.97 Å². The van der Waals surface area contributed by atoms with E-state index in [0.29, 0.717) is 0 Å².